The van der Waals surface area contributed by atoms with Gasteiger partial charge >= 0.3 is 0 Å². The van der Waals surface area contributed by atoms with E-state index in [9.17, 15) is 4.79 Å². The first-order valence-electron chi connectivity index (χ1n) is 7.52. The summed E-state index contributed by atoms with van der Waals surface area (Å²) >= 11 is 0. The summed E-state index contributed by atoms with van der Waals surface area (Å²) in [4.78, 5) is 12.0. The highest BCUT2D eigenvalue weighted by Crippen LogP contribution is 2.07. The molecule has 0 aliphatic carbocycles. The molecule has 0 unspecified atom stereocenters. The predicted molar refractivity (Wildman–Crippen MR) is 87.3 cm³/mol. The maximum Gasteiger partial charge on any atom is 0.224 e. The van der Waals surface area contributed by atoms with Crippen LogP contribution >= 0.6 is 0 Å². The van der Waals surface area contributed by atoms with Gasteiger partial charge < -0.3 is 5.32 Å². The summed E-state index contributed by atoms with van der Waals surface area (Å²) in [5.41, 5.74) is 3.58. The predicted octanol–water partition coefficient (Wildman–Crippen LogP) is 3.68. The summed E-state index contributed by atoms with van der Waals surface area (Å²) in [6.07, 6.45) is 2.41. The molecule has 2 heteroatoms. The Morgan fingerprint density at radius 1 is 1.05 bits per heavy atom. The molecule has 21 heavy (non-hydrogen) atoms. The van der Waals surface area contributed by atoms with E-state index < -0.39 is 0 Å². The fraction of sp³-hybridized carbons (Fsp3) is 0.316. The Hall–Kier alpha value is -2.09. The van der Waals surface area contributed by atoms with Crippen molar-refractivity contribution in [3.63, 3.8) is 0 Å². The molecule has 0 aromatic heterocycles. The number of aryl methyl sites for hydroxylation is 2. The van der Waals surface area contributed by atoms with Crippen LogP contribution in [0.4, 0.5) is 0 Å². The first kappa shape index (κ1) is 15.3. The number of carbonyl (C=O) groups is 1. The van der Waals surface area contributed by atoms with Gasteiger partial charge in [-0.2, -0.15) is 0 Å². The van der Waals surface area contributed by atoms with Gasteiger partial charge in [0.05, 0.1) is 6.42 Å². The van der Waals surface area contributed by atoms with Gasteiger partial charge in [-0.1, -0.05) is 60.2 Å². The largest absolute Gasteiger partial charge is 0.353 e. The van der Waals surface area contributed by atoms with E-state index in [1.165, 1.54) is 11.1 Å². The lowest BCUT2D eigenvalue weighted by atomic mass is 10.1. The van der Waals surface area contributed by atoms with E-state index in [1.807, 2.05) is 31.2 Å². The van der Waals surface area contributed by atoms with Crippen LogP contribution in [0.3, 0.4) is 0 Å². The van der Waals surface area contributed by atoms with E-state index in [1.54, 1.807) is 0 Å². The molecule has 0 aliphatic heterocycles. The summed E-state index contributed by atoms with van der Waals surface area (Å²) in [7, 11) is 0. The minimum Gasteiger partial charge on any atom is -0.353 e. The van der Waals surface area contributed by atoms with Crippen molar-refractivity contribution in [3.8, 4) is 0 Å². The highest BCUT2D eigenvalue weighted by molar-refractivity contribution is 5.78. The third kappa shape index (κ3) is 5.42. The number of nitrogens with one attached hydrogen (secondary N) is 1. The molecular formula is C19H23NO. The number of benzene rings is 2. The normalized spacial score (nSPS) is 11.9. The van der Waals surface area contributed by atoms with Crippen LogP contribution in [0.1, 0.15) is 30.0 Å². The summed E-state index contributed by atoms with van der Waals surface area (Å²) in [6, 6.07) is 18.7. The molecule has 0 saturated heterocycles. The van der Waals surface area contributed by atoms with Crippen molar-refractivity contribution in [1.82, 2.24) is 5.32 Å². The van der Waals surface area contributed by atoms with Gasteiger partial charge in [0.25, 0.3) is 0 Å². The highest BCUT2D eigenvalue weighted by atomic mass is 16.1. The first-order chi connectivity index (χ1) is 10.1. The van der Waals surface area contributed by atoms with Crippen LogP contribution in [-0.4, -0.2) is 11.9 Å². The average Bonchev–Trinajstić information content (AvgIpc) is 2.46. The fourth-order valence-electron chi connectivity index (χ4n) is 2.43. The molecule has 110 valence electrons. The number of hydrogen-bond acceptors (Lipinski definition) is 1. The van der Waals surface area contributed by atoms with E-state index >= 15 is 0 Å². The summed E-state index contributed by atoms with van der Waals surface area (Å²) in [5, 5.41) is 3.08. The Kier molecular flexibility index (Phi) is 5.56. The molecule has 0 bridgehead atoms. The van der Waals surface area contributed by atoms with Crippen LogP contribution in [0.5, 0.6) is 0 Å². The van der Waals surface area contributed by atoms with E-state index in [0.29, 0.717) is 6.42 Å². The zero-order valence-electron chi connectivity index (χ0n) is 12.8. The highest BCUT2D eigenvalue weighted by Gasteiger charge is 2.08. The molecule has 0 saturated carbocycles. The number of carbonyl (C=O) groups excluding carboxylic acids is 1. The molecule has 0 fully saturated rings. The van der Waals surface area contributed by atoms with Gasteiger partial charge in [0.15, 0.2) is 0 Å². The minimum atomic E-state index is 0.0983. The number of rotatable bonds is 6. The molecule has 0 heterocycles. The average molecular weight is 281 g/mol. The lowest BCUT2D eigenvalue weighted by Crippen LogP contribution is -2.34. The maximum absolute atomic E-state index is 12.0. The van der Waals surface area contributed by atoms with Crippen molar-refractivity contribution in [2.75, 3.05) is 0 Å². The number of hydrogen-bond donors (Lipinski definition) is 1. The SMILES string of the molecule is Cc1cccc(CC(=O)N[C@H](C)CCc2ccccc2)c1. The van der Waals surface area contributed by atoms with Gasteiger partial charge in [0, 0.05) is 6.04 Å². The van der Waals surface area contributed by atoms with Crippen LogP contribution in [0.25, 0.3) is 0 Å². The zero-order chi connectivity index (χ0) is 15.1. The Bertz CT molecular complexity index is 577. The molecule has 0 radical (unpaired) electrons. The lowest BCUT2D eigenvalue weighted by molar-refractivity contribution is -0.121. The molecule has 2 aromatic rings. The van der Waals surface area contributed by atoms with Crippen LogP contribution in [0, 0.1) is 6.92 Å². The summed E-state index contributed by atoms with van der Waals surface area (Å²) < 4.78 is 0. The standard InChI is InChI=1S/C19H23NO/c1-15-7-6-10-18(13-15)14-19(21)20-16(2)11-12-17-8-4-3-5-9-17/h3-10,13,16H,11-12,14H2,1-2H3,(H,20,21)/t16-/m1/s1. The smallest absolute Gasteiger partial charge is 0.224 e. The third-order valence-corrected chi connectivity index (χ3v) is 3.56. The molecule has 0 spiro atoms. The van der Waals surface area contributed by atoms with Crippen molar-refractivity contribution in [3.05, 3.63) is 71.3 Å². The van der Waals surface area contributed by atoms with Crippen LogP contribution in [0.2, 0.25) is 0 Å². The van der Waals surface area contributed by atoms with Crippen molar-refractivity contribution < 1.29 is 4.79 Å². The van der Waals surface area contributed by atoms with Gasteiger partial charge in [0.1, 0.15) is 0 Å². The van der Waals surface area contributed by atoms with E-state index in [2.05, 4.69) is 42.6 Å². The van der Waals surface area contributed by atoms with E-state index in [-0.39, 0.29) is 11.9 Å². The van der Waals surface area contributed by atoms with Crippen molar-refractivity contribution >= 4 is 5.91 Å². The number of amides is 1. The second-order valence-corrected chi connectivity index (χ2v) is 5.66. The van der Waals surface area contributed by atoms with E-state index in [4.69, 9.17) is 0 Å². The monoisotopic (exact) mass is 281 g/mol. The summed E-state index contributed by atoms with van der Waals surface area (Å²) in [6.45, 7) is 4.11. The van der Waals surface area contributed by atoms with Crippen molar-refractivity contribution in [2.24, 2.45) is 0 Å². The van der Waals surface area contributed by atoms with Crippen molar-refractivity contribution in [1.29, 1.82) is 0 Å². The van der Waals surface area contributed by atoms with E-state index in [0.717, 1.165) is 18.4 Å². The molecule has 1 N–H and O–H groups in total. The Balaban J connectivity index is 1.77. The third-order valence-electron chi connectivity index (χ3n) is 3.56. The van der Waals surface area contributed by atoms with Crippen LogP contribution in [0.15, 0.2) is 54.6 Å². The van der Waals surface area contributed by atoms with Gasteiger partial charge in [-0.3, -0.25) is 4.79 Å². The van der Waals surface area contributed by atoms with Crippen LogP contribution in [-0.2, 0) is 17.6 Å². The van der Waals surface area contributed by atoms with Gasteiger partial charge in [-0.15, -0.1) is 0 Å². The van der Waals surface area contributed by atoms with Crippen LogP contribution < -0.4 is 5.32 Å². The molecule has 1 amide bonds. The molecule has 1 atom stereocenters. The van der Waals surface area contributed by atoms with Gasteiger partial charge in [-0.05, 0) is 37.8 Å². The molecule has 2 aromatic carbocycles. The first-order valence-corrected chi connectivity index (χ1v) is 7.52. The molecule has 2 rings (SSSR count). The molecule has 0 aliphatic rings. The summed E-state index contributed by atoms with van der Waals surface area (Å²) in [5.74, 6) is 0.0983. The van der Waals surface area contributed by atoms with Gasteiger partial charge in [-0.25, -0.2) is 0 Å². The van der Waals surface area contributed by atoms with Crippen molar-refractivity contribution in [2.45, 2.75) is 39.2 Å². The molecular weight excluding hydrogens is 258 g/mol. The fourth-order valence-corrected chi connectivity index (χ4v) is 2.43. The Morgan fingerprint density at radius 2 is 1.76 bits per heavy atom. The van der Waals surface area contributed by atoms with Gasteiger partial charge in [0.2, 0.25) is 5.91 Å². The second kappa shape index (κ2) is 7.63. The Labute approximate surface area is 127 Å². The quantitative estimate of drug-likeness (QED) is 0.860. The maximum atomic E-state index is 12.0. The second-order valence-electron chi connectivity index (χ2n) is 5.66. The molecule has 2 nitrogen and oxygen atoms in total. The topological polar surface area (TPSA) is 29.1 Å². The minimum absolute atomic E-state index is 0.0983. The zero-order valence-corrected chi connectivity index (χ0v) is 12.8. The Morgan fingerprint density at radius 3 is 2.48 bits per heavy atom. The lowest BCUT2D eigenvalue weighted by Gasteiger charge is -2.14.